The number of aryl methyl sites for hydroxylation is 1. The summed E-state index contributed by atoms with van der Waals surface area (Å²) in [6.07, 6.45) is 5.60. The Labute approximate surface area is 106 Å². The van der Waals surface area contributed by atoms with Crippen molar-refractivity contribution in [2.45, 2.75) is 32.4 Å². The molecule has 0 saturated carbocycles. The van der Waals surface area contributed by atoms with Gasteiger partial charge in [0.1, 0.15) is 11.6 Å². The molecule has 0 radical (unpaired) electrons. The summed E-state index contributed by atoms with van der Waals surface area (Å²) in [7, 11) is 0. The molecule has 18 heavy (non-hydrogen) atoms. The second-order valence-corrected chi connectivity index (χ2v) is 4.37. The van der Waals surface area contributed by atoms with Crippen LogP contribution in [-0.2, 0) is 13.0 Å². The summed E-state index contributed by atoms with van der Waals surface area (Å²) in [5.41, 5.74) is 6.61. The molecule has 96 valence electrons. The maximum absolute atomic E-state index is 13.6. The zero-order valence-corrected chi connectivity index (χ0v) is 10.5. The summed E-state index contributed by atoms with van der Waals surface area (Å²) in [6, 6.07) is 6.30. The van der Waals surface area contributed by atoms with Crippen molar-refractivity contribution in [2.24, 2.45) is 5.73 Å². The minimum absolute atomic E-state index is 0.248. The molecule has 0 spiro atoms. The van der Waals surface area contributed by atoms with Gasteiger partial charge in [0.05, 0.1) is 6.04 Å². The Hall–Kier alpha value is -1.68. The van der Waals surface area contributed by atoms with Crippen LogP contribution in [0.15, 0.2) is 36.7 Å². The zero-order chi connectivity index (χ0) is 13.0. The van der Waals surface area contributed by atoms with Crippen LogP contribution in [0.1, 0.15) is 30.8 Å². The summed E-state index contributed by atoms with van der Waals surface area (Å²) < 4.78 is 15.6. The SMILES string of the molecule is CCCc1nccn1CC(N)c1ccccc1F. The van der Waals surface area contributed by atoms with E-state index in [-0.39, 0.29) is 11.9 Å². The number of nitrogens with two attached hydrogens (primary N) is 1. The predicted octanol–water partition coefficient (Wildman–Crippen LogP) is 2.67. The minimum atomic E-state index is -0.351. The number of rotatable bonds is 5. The quantitative estimate of drug-likeness (QED) is 0.882. The molecule has 1 unspecified atom stereocenters. The van der Waals surface area contributed by atoms with Gasteiger partial charge in [-0.2, -0.15) is 0 Å². The van der Waals surface area contributed by atoms with Crippen LogP contribution in [0.25, 0.3) is 0 Å². The van der Waals surface area contributed by atoms with Gasteiger partial charge in [0, 0.05) is 30.9 Å². The molecule has 2 rings (SSSR count). The summed E-state index contributed by atoms with van der Waals surface area (Å²) in [5.74, 6) is 0.756. The van der Waals surface area contributed by atoms with Crippen molar-refractivity contribution in [3.63, 3.8) is 0 Å². The molecule has 0 fully saturated rings. The van der Waals surface area contributed by atoms with Gasteiger partial charge < -0.3 is 10.3 Å². The van der Waals surface area contributed by atoms with Gasteiger partial charge in [0.2, 0.25) is 0 Å². The van der Waals surface area contributed by atoms with Crippen LogP contribution in [0, 0.1) is 5.82 Å². The van der Waals surface area contributed by atoms with Gasteiger partial charge in [0.15, 0.2) is 0 Å². The molecule has 2 N–H and O–H groups in total. The number of halogens is 1. The lowest BCUT2D eigenvalue weighted by atomic mass is 10.1. The third-order valence-corrected chi connectivity index (χ3v) is 2.97. The Kier molecular flexibility index (Phi) is 4.10. The van der Waals surface area contributed by atoms with Crippen LogP contribution in [0.2, 0.25) is 0 Å². The van der Waals surface area contributed by atoms with E-state index in [0.29, 0.717) is 12.1 Å². The normalized spacial score (nSPS) is 12.6. The van der Waals surface area contributed by atoms with Crippen molar-refractivity contribution in [2.75, 3.05) is 0 Å². The van der Waals surface area contributed by atoms with Crippen molar-refractivity contribution >= 4 is 0 Å². The molecule has 2 aromatic rings. The van der Waals surface area contributed by atoms with Gasteiger partial charge in [-0.05, 0) is 12.5 Å². The zero-order valence-electron chi connectivity index (χ0n) is 10.5. The maximum atomic E-state index is 13.6. The molecule has 1 aromatic heterocycles. The third-order valence-electron chi connectivity index (χ3n) is 2.97. The van der Waals surface area contributed by atoms with Gasteiger partial charge >= 0.3 is 0 Å². The van der Waals surface area contributed by atoms with E-state index in [1.54, 1.807) is 24.4 Å². The van der Waals surface area contributed by atoms with E-state index in [0.717, 1.165) is 18.7 Å². The topological polar surface area (TPSA) is 43.8 Å². The van der Waals surface area contributed by atoms with Crippen LogP contribution in [-0.4, -0.2) is 9.55 Å². The van der Waals surface area contributed by atoms with Crippen molar-refractivity contribution in [3.8, 4) is 0 Å². The molecular formula is C14H18FN3. The molecule has 1 atom stereocenters. The molecule has 0 bridgehead atoms. The monoisotopic (exact) mass is 247 g/mol. The lowest BCUT2D eigenvalue weighted by Crippen LogP contribution is -2.19. The molecule has 1 heterocycles. The van der Waals surface area contributed by atoms with Crippen LogP contribution < -0.4 is 5.73 Å². The summed E-state index contributed by atoms with van der Waals surface area (Å²) in [5, 5.41) is 0. The van der Waals surface area contributed by atoms with E-state index in [1.807, 2.05) is 10.8 Å². The molecule has 3 nitrogen and oxygen atoms in total. The standard InChI is InChI=1S/C14H18FN3/c1-2-5-14-17-8-9-18(14)10-13(16)11-6-3-4-7-12(11)15/h3-4,6-9,13H,2,5,10,16H2,1H3. The average molecular weight is 247 g/mol. The molecule has 0 aliphatic carbocycles. The van der Waals surface area contributed by atoms with Gasteiger partial charge in [-0.3, -0.25) is 0 Å². The lowest BCUT2D eigenvalue weighted by Gasteiger charge is -2.15. The largest absolute Gasteiger partial charge is 0.333 e. The number of imidazole rings is 1. The second-order valence-electron chi connectivity index (χ2n) is 4.37. The first-order valence-corrected chi connectivity index (χ1v) is 6.22. The maximum Gasteiger partial charge on any atom is 0.128 e. The van der Waals surface area contributed by atoms with Gasteiger partial charge in [-0.15, -0.1) is 0 Å². The minimum Gasteiger partial charge on any atom is -0.333 e. The van der Waals surface area contributed by atoms with Crippen LogP contribution in [0.4, 0.5) is 4.39 Å². The molecule has 0 aliphatic rings. The Bertz CT molecular complexity index is 507. The molecule has 1 aromatic carbocycles. The van der Waals surface area contributed by atoms with Crippen molar-refractivity contribution in [1.29, 1.82) is 0 Å². The smallest absolute Gasteiger partial charge is 0.128 e. The van der Waals surface area contributed by atoms with Gasteiger partial charge in [-0.1, -0.05) is 25.1 Å². The first kappa shape index (κ1) is 12.8. The Morgan fingerprint density at radius 2 is 2.17 bits per heavy atom. The van der Waals surface area contributed by atoms with Crippen molar-refractivity contribution in [1.82, 2.24) is 9.55 Å². The van der Waals surface area contributed by atoms with Crippen LogP contribution in [0.3, 0.4) is 0 Å². The molecule has 0 aliphatic heterocycles. The highest BCUT2D eigenvalue weighted by molar-refractivity contribution is 5.20. The Balaban J connectivity index is 2.14. The summed E-state index contributed by atoms with van der Waals surface area (Å²) in [6.45, 7) is 2.66. The Morgan fingerprint density at radius 1 is 1.39 bits per heavy atom. The van der Waals surface area contributed by atoms with Gasteiger partial charge in [0.25, 0.3) is 0 Å². The predicted molar refractivity (Wildman–Crippen MR) is 69.6 cm³/mol. The Morgan fingerprint density at radius 3 is 2.89 bits per heavy atom. The summed E-state index contributed by atoms with van der Waals surface area (Å²) >= 11 is 0. The fourth-order valence-corrected chi connectivity index (χ4v) is 2.04. The van der Waals surface area contributed by atoms with E-state index in [1.165, 1.54) is 6.07 Å². The van der Waals surface area contributed by atoms with E-state index in [2.05, 4.69) is 11.9 Å². The second kappa shape index (κ2) is 5.78. The molecule has 0 amide bonds. The number of nitrogens with zero attached hydrogens (tertiary/aromatic N) is 2. The highest BCUT2D eigenvalue weighted by Gasteiger charge is 2.12. The summed E-state index contributed by atoms with van der Waals surface area (Å²) in [4.78, 5) is 4.29. The number of aromatic nitrogens is 2. The van der Waals surface area contributed by atoms with E-state index >= 15 is 0 Å². The number of hydrogen-bond acceptors (Lipinski definition) is 2. The highest BCUT2D eigenvalue weighted by Crippen LogP contribution is 2.17. The molecular weight excluding hydrogens is 229 g/mol. The lowest BCUT2D eigenvalue weighted by molar-refractivity contribution is 0.519. The third kappa shape index (κ3) is 2.76. The fraction of sp³-hybridized carbons (Fsp3) is 0.357. The van der Waals surface area contributed by atoms with Gasteiger partial charge in [-0.25, -0.2) is 9.37 Å². The van der Waals surface area contributed by atoms with E-state index in [9.17, 15) is 4.39 Å². The number of hydrogen-bond donors (Lipinski definition) is 1. The molecule has 0 saturated heterocycles. The van der Waals surface area contributed by atoms with Crippen molar-refractivity contribution < 1.29 is 4.39 Å². The first-order chi connectivity index (χ1) is 8.72. The first-order valence-electron chi connectivity index (χ1n) is 6.22. The highest BCUT2D eigenvalue weighted by atomic mass is 19.1. The molecule has 4 heteroatoms. The fourth-order valence-electron chi connectivity index (χ4n) is 2.04. The van der Waals surface area contributed by atoms with E-state index < -0.39 is 0 Å². The van der Waals surface area contributed by atoms with Crippen LogP contribution >= 0.6 is 0 Å². The average Bonchev–Trinajstić information content (AvgIpc) is 2.78. The number of benzene rings is 1. The van der Waals surface area contributed by atoms with E-state index in [4.69, 9.17) is 5.73 Å². The van der Waals surface area contributed by atoms with Crippen molar-refractivity contribution in [3.05, 3.63) is 53.9 Å². The van der Waals surface area contributed by atoms with Crippen LogP contribution in [0.5, 0.6) is 0 Å².